The number of rotatable bonds is 1. The van der Waals surface area contributed by atoms with Crippen LogP contribution in [0.25, 0.3) is 0 Å². The number of hydrogen-bond donors (Lipinski definition) is 1. The molecule has 1 aromatic carbocycles. The number of piperazine rings is 1. The predicted molar refractivity (Wildman–Crippen MR) is 76.6 cm³/mol. The fourth-order valence-electron chi connectivity index (χ4n) is 3.03. The van der Waals surface area contributed by atoms with Crippen LogP contribution < -0.4 is 10.2 Å². The largest absolute Gasteiger partial charge is 0.324 e. The smallest absolute Gasteiger partial charge is 0.319 e. The van der Waals surface area contributed by atoms with Gasteiger partial charge in [0.15, 0.2) is 0 Å². The number of amides is 2. The van der Waals surface area contributed by atoms with Gasteiger partial charge in [-0.1, -0.05) is 12.1 Å². The number of nitrogens with one attached hydrogen (secondary N) is 1. The lowest BCUT2D eigenvalue weighted by Gasteiger charge is -2.44. The van der Waals surface area contributed by atoms with Crippen LogP contribution in [0, 0.1) is 13.8 Å². The molecule has 4 nitrogen and oxygen atoms in total. The summed E-state index contributed by atoms with van der Waals surface area (Å²) in [7, 11) is 0. The standard InChI is InChI=1S/C15H21N3O/c1-11-3-4-12(2)14(9-11)18-7-5-13-10-16-6-8-17(13)15(18)19/h3-4,9,13,16H,5-8,10H2,1-2H3. The Balaban J connectivity index is 1.89. The van der Waals surface area contributed by atoms with Crippen molar-refractivity contribution in [3.8, 4) is 0 Å². The first-order valence-corrected chi connectivity index (χ1v) is 7.03. The average Bonchev–Trinajstić information content (AvgIpc) is 2.43. The van der Waals surface area contributed by atoms with Crippen LogP contribution in [-0.2, 0) is 0 Å². The van der Waals surface area contributed by atoms with Crippen molar-refractivity contribution < 1.29 is 4.79 Å². The zero-order valence-electron chi connectivity index (χ0n) is 11.6. The van der Waals surface area contributed by atoms with Gasteiger partial charge in [-0.05, 0) is 37.5 Å². The van der Waals surface area contributed by atoms with Crippen molar-refractivity contribution in [2.24, 2.45) is 0 Å². The Bertz CT molecular complexity index is 500. The van der Waals surface area contributed by atoms with E-state index in [2.05, 4.69) is 37.4 Å². The van der Waals surface area contributed by atoms with E-state index in [1.807, 2.05) is 9.80 Å². The average molecular weight is 259 g/mol. The van der Waals surface area contributed by atoms with Gasteiger partial charge in [0.1, 0.15) is 0 Å². The molecule has 19 heavy (non-hydrogen) atoms. The molecule has 102 valence electrons. The van der Waals surface area contributed by atoms with E-state index < -0.39 is 0 Å². The topological polar surface area (TPSA) is 35.6 Å². The van der Waals surface area contributed by atoms with Gasteiger partial charge >= 0.3 is 6.03 Å². The number of nitrogens with zero attached hydrogens (tertiary/aromatic N) is 2. The molecule has 0 aliphatic carbocycles. The summed E-state index contributed by atoms with van der Waals surface area (Å²) in [6, 6.07) is 6.87. The summed E-state index contributed by atoms with van der Waals surface area (Å²) in [6.07, 6.45) is 1.05. The quantitative estimate of drug-likeness (QED) is 0.836. The number of carbonyl (C=O) groups is 1. The van der Waals surface area contributed by atoms with Gasteiger partial charge in [0.25, 0.3) is 0 Å². The second-order valence-electron chi connectivity index (χ2n) is 5.56. The highest BCUT2D eigenvalue weighted by Crippen LogP contribution is 2.27. The van der Waals surface area contributed by atoms with E-state index in [0.717, 1.165) is 38.3 Å². The summed E-state index contributed by atoms with van der Waals surface area (Å²) in [6.45, 7) is 7.64. The normalized spacial score (nSPS) is 23.5. The van der Waals surface area contributed by atoms with E-state index in [9.17, 15) is 4.79 Å². The SMILES string of the molecule is Cc1ccc(C)c(N2CCC3CNCCN3C2=O)c1. The van der Waals surface area contributed by atoms with Crippen molar-refractivity contribution in [1.82, 2.24) is 10.2 Å². The van der Waals surface area contributed by atoms with Crippen LogP contribution in [0.2, 0.25) is 0 Å². The molecule has 1 aromatic rings. The third-order valence-electron chi connectivity index (χ3n) is 4.17. The first-order valence-electron chi connectivity index (χ1n) is 7.03. The molecular weight excluding hydrogens is 238 g/mol. The summed E-state index contributed by atoms with van der Waals surface area (Å²) < 4.78 is 0. The number of hydrogen-bond acceptors (Lipinski definition) is 2. The molecule has 2 saturated heterocycles. The molecule has 1 atom stereocenters. The number of anilines is 1. The number of fused-ring (bicyclic) bond motifs is 1. The van der Waals surface area contributed by atoms with Crippen LogP contribution in [-0.4, -0.2) is 43.2 Å². The van der Waals surface area contributed by atoms with Crippen LogP contribution in [0.1, 0.15) is 17.5 Å². The minimum Gasteiger partial charge on any atom is -0.319 e. The Hall–Kier alpha value is -1.55. The van der Waals surface area contributed by atoms with E-state index in [-0.39, 0.29) is 6.03 Å². The lowest BCUT2D eigenvalue weighted by atomic mass is 10.0. The van der Waals surface area contributed by atoms with E-state index >= 15 is 0 Å². The lowest BCUT2D eigenvalue weighted by Crippen LogP contribution is -2.61. The number of benzene rings is 1. The molecule has 2 amide bonds. The Morgan fingerprint density at radius 3 is 2.95 bits per heavy atom. The van der Waals surface area contributed by atoms with E-state index in [0.29, 0.717) is 6.04 Å². The maximum atomic E-state index is 12.6. The van der Waals surface area contributed by atoms with Crippen LogP contribution in [0.4, 0.5) is 10.5 Å². The van der Waals surface area contributed by atoms with Gasteiger partial charge < -0.3 is 10.2 Å². The van der Waals surface area contributed by atoms with Gasteiger partial charge in [0.05, 0.1) is 0 Å². The predicted octanol–water partition coefficient (Wildman–Crippen LogP) is 1.91. The van der Waals surface area contributed by atoms with Gasteiger partial charge in [0.2, 0.25) is 0 Å². The van der Waals surface area contributed by atoms with Crippen molar-refractivity contribution in [3.05, 3.63) is 29.3 Å². The zero-order valence-corrected chi connectivity index (χ0v) is 11.6. The van der Waals surface area contributed by atoms with Gasteiger partial charge in [-0.25, -0.2) is 4.79 Å². The monoisotopic (exact) mass is 259 g/mol. The van der Waals surface area contributed by atoms with E-state index in [4.69, 9.17) is 0 Å². The van der Waals surface area contributed by atoms with Crippen LogP contribution in [0.3, 0.4) is 0 Å². The Morgan fingerprint density at radius 2 is 2.11 bits per heavy atom. The Kier molecular flexibility index (Phi) is 3.19. The molecule has 0 spiro atoms. The molecule has 2 aliphatic heterocycles. The summed E-state index contributed by atoms with van der Waals surface area (Å²) in [4.78, 5) is 16.6. The minimum absolute atomic E-state index is 0.173. The molecule has 1 N–H and O–H groups in total. The molecule has 0 bridgehead atoms. The molecule has 3 rings (SSSR count). The van der Waals surface area contributed by atoms with E-state index in [1.54, 1.807) is 0 Å². The maximum absolute atomic E-state index is 12.6. The fraction of sp³-hybridized carbons (Fsp3) is 0.533. The molecule has 2 heterocycles. The van der Waals surface area contributed by atoms with Crippen molar-refractivity contribution in [2.45, 2.75) is 26.3 Å². The zero-order chi connectivity index (χ0) is 13.4. The summed E-state index contributed by atoms with van der Waals surface area (Å²) in [5.74, 6) is 0. The maximum Gasteiger partial charge on any atom is 0.324 e. The number of urea groups is 1. The summed E-state index contributed by atoms with van der Waals surface area (Å²) in [5, 5.41) is 3.37. The first-order chi connectivity index (χ1) is 9.16. The van der Waals surface area contributed by atoms with Gasteiger partial charge in [-0.15, -0.1) is 0 Å². The summed E-state index contributed by atoms with van der Waals surface area (Å²) in [5.41, 5.74) is 3.45. The Labute approximate surface area is 114 Å². The molecule has 0 radical (unpaired) electrons. The third kappa shape index (κ3) is 2.21. The van der Waals surface area contributed by atoms with Crippen LogP contribution in [0.15, 0.2) is 18.2 Å². The minimum atomic E-state index is 0.173. The molecule has 2 fully saturated rings. The van der Waals surface area contributed by atoms with Crippen LogP contribution in [0.5, 0.6) is 0 Å². The fourth-order valence-corrected chi connectivity index (χ4v) is 3.03. The van der Waals surface area contributed by atoms with Gasteiger partial charge in [-0.2, -0.15) is 0 Å². The second kappa shape index (κ2) is 4.85. The van der Waals surface area contributed by atoms with Crippen molar-refractivity contribution in [2.75, 3.05) is 31.1 Å². The van der Waals surface area contributed by atoms with E-state index in [1.165, 1.54) is 11.1 Å². The Morgan fingerprint density at radius 1 is 1.26 bits per heavy atom. The molecule has 4 heteroatoms. The van der Waals surface area contributed by atoms with Crippen molar-refractivity contribution in [3.63, 3.8) is 0 Å². The van der Waals surface area contributed by atoms with Crippen LogP contribution >= 0.6 is 0 Å². The number of carbonyl (C=O) groups excluding carboxylic acids is 1. The molecule has 0 aromatic heterocycles. The van der Waals surface area contributed by atoms with Crippen molar-refractivity contribution >= 4 is 11.7 Å². The first kappa shape index (κ1) is 12.5. The van der Waals surface area contributed by atoms with Gasteiger partial charge in [0, 0.05) is 37.9 Å². The molecule has 0 saturated carbocycles. The third-order valence-corrected chi connectivity index (χ3v) is 4.17. The van der Waals surface area contributed by atoms with Crippen molar-refractivity contribution in [1.29, 1.82) is 0 Å². The highest BCUT2D eigenvalue weighted by molar-refractivity contribution is 5.94. The second-order valence-corrected chi connectivity index (χ2v) is 5.56. The molecular formula is C15H21N3O. The highest BCUT2D eigenvalue weighted by Gasteiger charge is 2.35. The summed E-state index contributed by atoms with van der Waals surface area (Å²) >= 11 is 0. The molecule has 1 unspecified atom stereocenters. The lowest BCUT2D eigenvalue weighted by molar-refractivity contribution is 0.147. The van der Waals surface area contributed by atoms with Gasteiger partial charge in [-0.3, -0.25) is 4.90 Å². The molecule has 2 aliphatic rings. The number of aryl methyl sites for hydroxylation is 2. The highest BCUT2D eigenvalue weighted by atomic mass is 16.2.